The number of hydrogen-bond acceptors (Lipinski definition) is 4. The summed E-state index contributed by atoms with van der Waals surface area (Å²) in [6.07, 6.45) is 2.56. The minimum Gasteiger partial charge on any atom is -1.00 e. The second kappa shape index (κ2) is 11.8. The number of nitrogens with one attached hydrogen (secondary N) is 2. The Hall–Kier alpha value is -0.680. The van der Waals surface area contributed by atoms with Crippen LogP contribution in [0.2, 0.25) is 0 Å². The average molecular weight is 349 g/mol. The first-order valence-corrected chi connectivity index (χ1v) is 7.54. The van der Waals surface area contributed by atoms with Gasteiger partial charge in [-0.1, -0.05) is 6.07 Å². The fourth-order valence-corrected chi connectivity index (χ4v) is 2.61. The van der Waals surface area contributed by atoms with Crippen LogP contribution in [0.15, 0.2) is 18.2 Å². The van der Waals surface area contributed by atoms with Crippen molar-refractivity contribution in [1.82, 2.24) is 10.6 Å². The molecular formula is C16H26Cl2N2O2-2. The molecule has 22 heavy (non-hydrogen) atoms. The Labute approximate surface area is 146 Å². The third-order valence-corrected chi connectivity index (χ3v) is 3.75. The molecule has 1 aromatic carbocycles. The van der Waals surface area contributed by atoms with E-state index in [-0.39, 0.29) is 24.8 Å². The van der Waals surface area contributed by atoms with Crippen molar-refractivity contribution in [3.8, 4) is 11.5 Å². The molecule has 6 heteroatoms. The van der Waals surface area contributed by atoms with E-state index in [0.717, 1.165) is 43.6 Å². The van der Waals surface area contributed by atoms with Gasteiger partial charge in [-0.15, -0.1) is 0 Å². The van der Waals surface area contributed by atoms with Crippen molar-refractivity contribution in [1.29, 1.82) is 0 Å². The summed E-state index contributed by atoms with van der Waals surface area (Å²) in [5.74, 6) is 2.44. The van der Waals surface area contributed by atoms with Crippen LogP contribution in [0.3, 0.4) is 0 Å². The molecule has 128 valence electrons. The van der Waals surface area contributed by atoms with Gasteiger partial charge in [0.05, 0.1) is 13.7 Å². The third-order valence-electron chi connectivity index (χ3n) is 3.75. The first-order chi connectivity index (χ1) is 9.83. The largest absolute Gasteiger partial charge is 1.00 e. The molecule has 2 rings (SSSR count). The van der Waals surface area contributed by atoms with Crippen LogP contribution in [0.1, 0.15) is 25.3 Å². The summed E-state index contributed by atoms with van der Waals surface area (Å²) >= 11 is 0. The summed E-state index contributed by atoms with van der Waals surface area (Å²) in [4.78, 5) is 0. The summed E-state index contributed by atoms with van der Waals surface area (Å²) in [6.45, 7) is 6.93. The number of halogens is 2. The van der Waals surface area contributed by atoms with Crippen LogP contribution in [0.4, 0.5) is 0 Å². The van der Waals surface area contributed by atoms with Gasteiger partial charge in [0.25, 0.3) is 0 Å². The number of methoxy groups -OCH3 is 1. The molecule has 1 aliphatic heterocycles. The molecule has 0 radical (unpaired) electrons. The first-order valence-electron chi connectivity index (χ1n) is 7.54. The van der Waals surface area contributed by atoms with Crippen LogP contribution in [-0.4, -0.2) is 33.4 Å². The van der Waals surface area contributed by atoms with E-state index in [2.05, 4.69) is 22.8 Å². The molecule has 0 amide bonds. The van der Waals surface area contributed by atoms with Crippen LogP contribution in [-0.2, 0) is 6.54 Å². The Balaban J connectivity index is 0.00000220. The van der Waals surface area contributed by atoms with Crippen molar-refractivity contribution >= 4 is 0 Å². The Kier molecular flexibility index (Phi) is 11.5. The van der Waals surface area contributed by atoms with Gasteiger partial charge >= 0.3 is 0 Å². The topological polar surface area (TPSA) is 42.5 Å². The fraction of sp³-hybridized carbons (Fsp3) is 0.625. The summed E-state index contributed by atoms with van der Waals surface area (Å²) in [6, 6.07) is 6.14. The van der Waals surface area contributed by atoms with E-state index in [9.17, 15) is 0 Å². The molecule has 1 heterocycles. The van der Waals surface area contributed by atoms with Gasteiger partial charge in [-0.25, -0.2) is 0 Å². The molecule has 0 bridgehead atoms. The molecule has 1 aliphatic rings. The maximum Gasteiger partial charge on any atom is 0.161 e. The number of hydrogen-bond donors (Lipinski definition) is 2. The molecule has 0 spiro atoms. The Morgan fingerprint density at radius 2 is 1.91 bits per heavy atom. The smallest absolute Gasteiger partial charge is 0.161 e. The van der Waals surface area contributed by atoms with Crippen molar-refractivity contribution in [2.24, 2.45) is 5.92 Å². The minimum absolute atomic E-state index is 0. The Morgan fingerprint density at radius 1 is 1.18 bits per heavy atom. The fourth-order valence-electron chi connectivity index (χ4n) is 2.61. The number of rotatable bonds is 7. The quantitative estimate of drug-likeness (QED) is 0.530. The lowest BCUT2D eigenvalue weighted by atomic mass is 9.98. The Bertz CT molecular complexity index is 413. The highest BCUT2D eigenvalue weighted by atomic mass is 35.5. The lowest BCUT2D eigenvalue weighted by molar-refractivity contribution is -0.00100. The first kappa shape index (κ1) is 21.3. The van der Waals surface area contributed by atoms with E-state index in [1.165, 1.54) is 18.4 Å². The predicted octanol–water partition coefficient (Wildman–Crippen LogP) is -3.81. The molecular weight excluding hydrogens is 323 g/mol. The molecule has 1 saturated heterocycles. The van der Waals surface area contributed by atoms with Crippen molar-refractivity contribution in [2.75, 3.05) is 33.4 Å². The van der Waals surface area contributed by atoms with Gasteiger partial charge < -0.3 is 44.9 Å². The van der Waals surface area contributed by atoms with Crippen molar-refractivity contribution in [2.45, 2.75) is 26.3 Å². The molecule has 1 aromatic rings. The van der Waals surface area contributed by atoms with E-state index in [0.29, 0.717) is 6.61 Å². The normalized spacial score (nSPS) is 14.6. The van der Waals surface area contributed by atoms with Crippen molar-refractivity contribution in [3.05, 3.63) is 23.8 Å². The van der Waals surface area contributed by atoms with Gasteiger partial charge in [0.15, 0.2) is 11.5 Å². The molecule has 0 aromatic heterocycles. The second-order valence-electron chi connectivity index (χ2n) is 5.24. The molecule has 2 N–H and O–H groups in total. The van der Waals surface area contributed by atoms with Crippen molar-refractivity contribution in [3.63, 3.8) is 0 Å². The van der Waals surface area contributed by atoms with E-state index in [4.69, 9.17) is 9.47 Å². The minimum atomic E-state index is 0. The van der Waals surface area contributed by atoms with Gasteiger partial charge in [0.2, 0.25) is 0 Å². The van der Waals surface area contributed by atoms with Crippen LogP contribution >= 0.6 is 0 Å². The van der Waals surface area contributed by atoms with E-state index in [1.807, 2.05) is 13.0 Å². The zero-order valence-electron chi connectivity index (χ0n) is 13.3. The standard InChI is InChI=1S/C16H26N2O2.2ClH/c1-3-20-16-10-14(4-5-15(16)19-2)12-18-11-13-6-8-17-9-7-13;;/h4-5,10,13,17-18H,3,6-9,11-12H2,1-2H3;2*1H/p-2. The monoisotopic (exact) mass is 348 g/mol. The maximum absolute atomic E-state index is 5.60. The summed E-state index contributed by atoms with van der Waals surface area (Å²) in [7, 11) is 1.67. The van der Waals surface area contributed by atoms with Crippen LogP contribution in [0.25, 0.3) is 0 Å². The van der Waals surface area contributed by atoms with Gasteiger partial charge in [-0.05, 0) is 63.0 Å². The van der Waals surface area contributed by atoms with E-state index >= 15 is 0 Å². The molecule has 1 fully saturated rings. The predicted molar refractivity (Wildman–Crippen MR) is 81.5 cm³/mol. The highest BCUT2D eigenvalue weighted by Crippen LogP contribution is 2.28. The zero-order valence-corrected chi connectivity index (χ0v) is 14.8. The van der Waals surface area contributed by atoms with Crippen LogP contribution in [0.5, 0.6) is 11.5 Å². The van der Waals surface area contributed by atoms with Crippen LogP contribution < -0.4 is 44.9 Å². The van der Waals surface area contributed by atoms with Gasteiger partial charge in [0.1, 0.15) is 0 Å². The number of ether oxygens (including phenoxy) is 2. The lowest BCUT2D eigenvalue weighted by Crippen LogP contribution is -3.00. The Morgan fingerprint density at radius 3 is 2.55 bits per heavy atom. The van der Waals surface area contributed by atoms with Gasteiger partial charge in [-0.3, -0.25) is 0 Å². The van der Waals surface area contributed by atoms with Gasteiger partial charge in [-0.2, -0.15) is 0 Å². The molecule has 0 unspecified atom stereocenters. The highest BCUT2D eigenvalue weighted by Gasteiger charge is 2.12. The maximum atomic E-state index is 5.60. The average Bonchev–Trinajstić information content (AvgIpc) is 2.49. The number of piperidine rings is 1. The highest BCUT2D eigenvalue weighted by molar-refractivity contribution is 5.42. The van der Waals surface area contributed by atoms with E-state index < -0.39 is 0 Å². The van der Waals surface area contributed by atoms with E-state index in [1.54, 1.807) is 7.11 Å². The van der Waals surface area contributed by atoms with Gasteiger partial charge in [0, 0.05) is 6.54 Å². The number of benzene rings is 1. The molecule has 4 nitrogen and oxygen atoms in total. The summed E-state index contributed by atoms with van der Waals surface area (Å²) in [5.41, 5.74) is 1.24. The van der Waals surface area contributed by atoms with Crippen LogP contribution in [0, 0.1) is 5.92 Å². The zero-order chi connectivity index (χ0) is 14.2. The van der Waals surface area contributed by atoms with Crippen molar-refractivity contribution < 1.29 is 34.3 Å². The molecule has 0 atom stereocenters. The summed E-state index contributed by atoms with van der Waals surface area (Å²) < 4.78 is 10.9. The second-order valence-corrected chi connectivity index (χ2v) is 5.24. The SMILES string of the molecule is CCOc1cc(CNCC2CCNCC2)ccc1OC.[Cl-].[Cl-]. The summed E-state index contributed by atoms with van der Waals surface area (Å²) in [5, 5.41) is 6.95. The molecule has 0 aliphatic carbocycles. The lowest BCUT2D eigenvalue weighted by Gasteiger charge is -2.22. The third kappa shape index (κ3) is 6.61. The molecule has 0 saturated carbocycles.